The third-order valence-electron chi connectivity index (χ3n) is 2.72. The summed E-state index contributed by atoms with van der Waals surface area (Å²) in [4.78, 5) is 6.56. The second kappa shape index (κ2) is 9.02. The van der Waals surface area contributed by atoms with Gasteiger partial charge in [-0.05, 0) is 31.5 Å². The van der Waals surface area contributed by atoms with Gasteiger partial charge in [0.25, 0.3) is 0 Å². The number of hydrogen-bond donors (Lipinski definition) is 1. The van der Waals surface area contributed by atoms with E-state index in [4.69, 9.17) is 4.74 Å². The molecule has 4 heteroatoms. The first-order valence-electron chi connectivity index (χ1n) is 7.03. The summed E-state index contributed by atoms with van der Waals surface area (Å²) in [6.07, 6.45) is 1.79. The van der Waals surface area contributed by atoms with E-state index in [1.807, 2.05) is 26.1 Å². The summed E-state index contributed by atoms with van der Waals surface area (Å²) in [5.74, 6) is 1.80. The summed E-state index contributed by atoms with van der Waals surface area (Å²) in [6, 6.07) is 8.16. The van der Waals surface area contributed by atoms with Crippen LogP contribution in [0.1, 0.15) is 19.4 Å². The molecule has 110 valence electrons. The molecule has 0 aliphatic heterocycles. The molecule has 1 aromatic carbocycles. The largest absolute Gasteiger partial charge is 0.494 e. The van der Waals surface area contributed by atoms with E-state index in [1.165, 1.54) is 5.56 Å². The predicted molar refractivity (Wildman–Crippen MR) is 85.3 cm³/mol. The summed E-state index contributed by atoms with van der Waals surface area (Å²) >= 11 is 0. The Kier molecular flexibility index (Phi) is 7.25. The zero-order valence-corrected chi connectivity index (χ0v) is 12.7. The number of nitrogens with one attached hydrogen (secondary N) is 1. The molecule has 0 aliphatic carbocycles. The number of rotatable bonds is 7. The molecule has 0 bridgehead atoms. The van der Waals surface area contributed by atoms with Gasteiger partial charge in [0.15, 0.2) is 5.96 Å². The van der Waals surface area contributed by atoms with Crippen molar-refractivity contribution in [3.05, 3.63) is 42.5 Å². The summed E-state index contributed by atoms with van der Waals surface area (Å²) in [5.41, 5.74) is 1.22. The first-order valence-corrected chi connectivity index (χ1v) is 7.03. The van der Waals surface area contributed by atoms with Gasteiger partial charge < -0.3 is 15.0 Å². The number of nitrogens with zero attached hydrogens (tertiary/aromatic N) is 2. The first kappa shape index (κ1) is 16.1. The Hall–Kier alpha value is -1.97. The van der Waals surface area contributed by atoms with E-state index in [0.717, 1.165) is 24.8 Å². The highest BCUT2D eigenvalue weighted by Crippen LogP contribution is 2.13. The molecule has 1 rings (SSSR count). The van der Waals surface area contributed by atoms with Gasteiger partial charge in [-0.25, -0.2) is 4.99 Å². The summed E-state index contributed by atoms with van der Waals surface area (Å²) in [5, 5.41) is 3.27. The molecule has 0 saturated carbocycles. The smallest absolute Gasteiger partial charge is 0.194 e. The Bertz CT molecular complexity index is 426. The molecule has 0 fully saturated rings. The van der Waals surface area contributed by atoms with Crippen molar-refractivity contribution in [1.29, 1.82) is 0 Å². The maximum absolute atomic E-state index is 5.44. The standard InChI is InChI=1S/C16H25N3O/c1-5-12-18-16(17-6-2)19(4)13-14-8-10-15(11-9-14)20-7-3/h5,8-11H,1,6-7,12-13H2,2-4H3,(H,17,18). The van der Waals surface area contributed by atoms with Crippen LogP contribution in [0.4, 0.5) is 0 Å². The molecule has 0 radical (unpaired) electrons. The normalized spacial score (nSPS) is 11.1. The summed E-state index contributed by atoms with van der Waals surface area (Å²) in [6.45, 7) is 10.7. The molecule has 0 atom stereocenters. The average molecular weight is 275 g/mol. The first-order chi connectivity index (χ1) is 9.71. The number of hydrogen-bond acceptors (Lipinski definition) is 2. The van der Waals surface area contributed by atoms with E-state index in [9.17, 15) is 0 Å². The highest BCUT2D eigenvalue weighted by molar-refractivity contribution is 5.79. The Morgan fingerprint density at radius 3 is 2.60 bits per heavy atom. The summed E-state index contributed by atoms with van der Waals surface area (Å²) in [7, 11) is 2.03. The lowest BCUT2D eigenvalue weighted by Gasteiger charge is -2.22. The van der Waals surface area contributed by atoms with E-state index >= 15 is 0 Å². The van der Waals surface area contributed by atoms with E-state index in [0.29, 0.717) is 13.2 Å². The minimum absolute atomic E-state index is 0.621. The number of guanidine groups is 1. The monoisotopic (exact) mass is 275 g/mol. The van der Waals surface area contributed by atoms with Crippen molar-refractivity contribution in [3.63, 3.8) is 0 Å². The second-order valence-electron chi connectivity index (χ2n) is 4.42. The van der Waals surface area contributed by atoms with E-state index in [-0.39, 0.29) is 0 Å². The molecule has 0 amide bonds. The highest BCUT2D eigenvalue weighted by atomic mass is 16.5. The highest BCUT2D eigenvalue weighted by Gasteiger charge is 2.06. The predicted octanol–water partition coefficient (Wildman–Crippen LogP) is 2.67. The molecule has 0 aliphatic rings. The van der Waals surface area contributed by atoms with Crippen molar-refractivity contribution in [2.45, 2.75) is 20.4 Å². The lowest BCUT2D eigenvalue weighted by Crippen LogP contribution is -2.38. The molecule has 0 aromatic heterocycles. The van der Waals surface area contributed by atoms with Gasteiger partial charge in [0.2, 0.25) is 0 Å². The third kappa shape index (κ3) is 5.34. The van der Waals surface area contributed by atoms with Crippen LogP contribution in [0.15, 0.2) is 41.9 Å². The Balaban J connectivity index is 2.66. The molecule has 0 saturated heterocycles. The van der Waals surface area contributed by atoms with Gasteiger partial charge in [0, 0.05) is 20.1 Å². The van der Waals surface area contributed by atoms with Crippen LogP contribution in [0.3, 0.4) is 0 Å². The fourth-order valence-electron chi connectivity index (χ4n) is 1.83. The topological polar surface area (TPSA) is 36.9 Å². The lowest BCUT2D eigenvalue weighted by atomic mass is 10.2. The zero-order chi connectivity index (χ0) is 14.8. The minimum Gasteiger partial charge on any atom is -0.494 e. The Morgan fingerprint density at radius 1 is 1.35 bits per heavy atom. The van der Waals surface area contributed by atoms with Crippen molar-refractivity contribution in [1.82, 2.24) is 10.2 Å². The van der Waals surface area contributed by atoms with Crippen LogP contribution >= 0.6 is 0 Å². The molecule has 1 aromatic rings. The molecule has 0 spiro atoms. The molecular formula is C16H25N3O. The van der Waals surface area contributed by atoms with E-state index in [1.54, 1.807) is 6.08 Å². The van der Waals surface area contributed by atoms with Crippen LogP contribution in [-0.4, -0.2) is 37.6 Å². The number of benzene rings is 1. The van der Waals surface area contributed by atoms with Crippen LogP contribution in [-0.2, 0) is 6.54 Å². The fraction of sp³-hybridized carbons (Fsp3) is 0.438. The van der Waals surface area contributed by atoms with Crippen LogP contribution in [0.2, 0.25) is 0 Å². The van der Waals surface area contributed by atoms with Crippen molar-refractivity contribution in [3.8, 4) is 5.75 Å². The van der Waals surface area contributed by atoms with Gasteiger partial charge in [0.05, 0.1) is 13.2 Å². The van der Waals surface area contributed by atoms with Crippen molar-refractivity contribution >= 4 is 5.96 Å². The molecule has 4 nitrogen and oxygen atoms in total. The lowest BCUT2D eigenvalue weighted by molar-refractivity contribution is 0.340. The third-order valence-corrected chi connectivity index (χ3v) is 2.72. The van der Waals surface area contributed by atoms with E-state index < -0.39 is 0 Å². The SMILES string of the molecule is C=CCN=C(NCC)N(C)Cc1ccc(OCC)cc1. The average Bonchev–Trinajstić information content (AvgIpc) is 2.45. The van der Waals surface area contributed by atoms with Gasteiger partial charge in [-0.1, -0.05) is 18.2 Å². The van der Waals surface area contributed by atoms with Crippen LogP contribution < -0.4 is 10.1 Å². The summed E-state index contributed by atoms with van der Waals surface area (Å²) < 4.78 is 5.44. The number of aliphatic imine (C=N–C) groups is 1. The van der Waals surface area contributed by atoms with Crippen molar-refractivity contribution in [2.75, 3.05) is 26.7 Å². The maximum atomic E-state index is 5.44. The van der Waals surface area contributed by atoms with Crippen LogP contribution in [0.5, 0.6) is 5.75 Å². The molecule has 0 unspecified atom stereocenters. The second-order valence-corrected chi connectivity index (χ2v) is 4.42. The fourth-order valence-corrected chi connectivity index (χ4v) is 1.83. The molecule has 20 heavy (non-hydrogen) atoms. The molecule has 0 heterocycles. The van der Waals surface area contributed by atoms with Crippen molar-refractivity contribution in [2.24, 2.45) is 4.99 Å². The van der Waals surface area contributed by atoms with Crippen LogP contribution in [0, 0.1) is 0 Å². The number of ether oxygens (including phenoxy) is 1. The Labute approximate surface area is 122 Å². The maximum Gasteiger partial charge on any atom is 0.194 e. The molecule has 1 N–H and O–H groups in total. The van der Waals surface area contributed by atoms with Gasteiger partial charge >= 0.3 is 0 Å². The van der Waals surface area contributed by atoms with Gasteiger partial charge in [-0.15, -0.1) is 6.58 Å². The van der Waals surface area contributed by atoms with Gasteiger partial charge in [-0.2, -0.15) is 0 Å². The van der Waals surface area contributed by atoms with Crippen molar-refractivity contribution < 1.29 is 4.74 Å². The van der Waals surface area contributed by atoms with E-state index in [2.05, 4.69) is 40.8 Å². The zero-order valence-electron chi connectivity index (χ0n) is 12.7. The van der Waals surface area contributed by atoms with Crippen LogP contribution in [0.25, 0.3) is 0 Å². The Morgan fingerprint density at radius 2 is 2.05 bits per heavy atom. The quantitative estimate of drug-likeness (QED) is 0.472. The van der Waals surface area contributed by atoms with Gasteiger partial charge in [-0.3, -0.25) is 0 Å². The minimum atomic E-state index is 0.621. The van der Waals surface area contributed by atoms with Gasteiger partial charge in [0.1, 0.15) is 5.75 Å². The molecular weight excluding hydrogens is 250 g/mol.